The highest BCUT2D eigenvalue weighted by Gasteiger charge is 2.61. The van der Waals surface area contributed by atoms with Crippen LogP contribution in [-0.4, -0.2) is 35.6 Å². The summed E-state index contributed by atoms with van der Waals surface area (Å²) in [7, 11) is 0. The molecule has 1 saturated heterocycles. The van der Waals surface area contributed by atoms with E-state index >= 15 is 0 Å². The summed E-state index contributed by atoms with van der Waals surface area (Å²) in [6.07, 6.45) is -6.91. The molecule has 4 nitrogen and oxygen atoms in total. The van der Waals surface area contributed by atoms with Crippen LogP contribution in [0, 0.1) is 0 Å². The first kappa shape index (κ1) is 11.3. The molecular formula is C7H10F3NO3. The Morgan fingerprint density at radius 3 is 2.64 bits per heavy atom. The quantitative estimate of drug-likeness (QED) is 0.687. The van der Waals surface area contributed by atoms with Crippen molar-refractivity contribution in [1.82, 2.24) is 5.32 Å². The molecule has 0 aromatic carbocycles. The van der Waals surface area contributed by atoms with Gasteiger partial charge in [-0.1, -0.05) is 0 Å². The predicted molar refractivity (Wildman–Crippen MR) is 39.2 cm³/mol. The molecule has 0 saturated carbocycles. The van der Waals surface area contributed by atoms with Crippen LogP contribution in [0.5, 0.6) is 0 Å². The topological polar surface area (TPSA) is 58.6 Å². The Balaban J connectivity index is 2.75. The van der Waals surface area contributed by atoms with E-state index in [9.17, 15) is 18.0 Å². The molecule has 1 fully saturated rings. The lowest BCUT2D eigenvalue weighted by atomic mass is 10.1. The first-order chi connectivity index (χ1) is 6.30. The highest BCUT2D eigenvalue weighted by molar-refractivity contribution is 5.84. The van der Waals surface area contributed by atoms with Crippen molar-refractivity contribution >= 4 is 5.91 Å². The van der Waals surface area contributed by atoms with Crippen molar-refractivity contribution in [1.29, 1.82) is 0 Å². The molecule has 1 aliphatic rings. The number of carbonyl (C=O) groups excluding carboxylic acids is 1. The van der Waals surface area contributed by atoms with Gasteiger partial charge in [0.25, 0.3) is 5.91 Å². The van der Waals surface area contributed by atoms with Crippen LogP contribution in [0.1, 0.15) is 13.3 Å². The van der Waals surface area contributed by atoms with Gasteiger partial charge in [-0.05, 0) is 6.92 Å². The fourth-order valence-electron chi connectivity index (χ4n) is 1.22. The second-order valence-corrected chi connectivity index (χ2v) is 3.00. The summed E-state index contributed by atoms with van der Waals surface area (Å²) in [6, 6.07) is 0. The lowest BCUT2D eigenvalue weighted by Gasteiger charge is -2.24. The zero-order valence-corrected chi connectivity index (χ0v) is 7.39. The number of alkyl halides is 3. The number of rotatable bonds is 2. The molecule has 1 rings (SSSR count). The van der Waals surface area contributed by atoms with Crippen LogP contribution in [0.3, 0.4) is 0 Å². The molecule has 2 N–H and O–H groups in total. The van der Waals surface area contributed by atoms with Crippen LogP contribution >= 0.6 is 0 Å². The van der Waals surface area contributed by atoms with E-state index in [2.05, 4.69) is 0 Å². The molecule has 0 aromatic heterocycles. The molecule has 0 radical (unpaired) electrons. The molecule has 0 bridgehead atoms. The van der Waals surface area contributed by atoms with E-state index in [4.69, 9.17) is 9.84 Å². The molecule has 7 heteroatoms. The number of halogens is 3. The number of aliphatic hydroxyl groups is 1. The predicted octanol–water partition coefficient (Wildman–Crippen LogP) is 0.162. The van der Waals surface area contributed by atoms with Crippen molar-refractivity contribution in [3.63, 3.8) is 0 Å². The Kier molecular flexibility index (Phi) is 2.73. The Morgan fingerprint density at radius 2 is 2.29 bits per heavy atom. The van der Waals surface area contributed by atoms with Gasteiger partial charge >= 0.3 is 6.18 Å². The minimum Gasteiger partial charge on any atom is -0.368 e. The van der Waals surface area contributed by atoms with Crippen molar-refractivity contribution in [2.75, 3.05) is 6.61 Å². The number of ether oxygens (including phenoxy) is 1. The maximum absolute atomic E-state index is 12.2. The van der Waals surface area contributed by atoms with E-state index in [1.165, 1.54) is 5.32 Å². The van der Waals surface area contributed by atoms with Crippen molar-refractivity contribution in [2.45, 2.75) is 31.3 Å². The van der Waals surface area contributed by atoms with Gasteiger partial charge in [0.15, 0.2) is 0 Å². The zero-order chi connectivity index (χ0) is 11.0. The summed E-state index contributed by atoms with van der Waals surface area (Å²) in [5.74, 6) is -0.938. The van der Waals surface area contributed by atoms with Crippen LogP contribution in [0.25, 0.3) is 0 Å². The van der Waals surface area contributed by atoms with Gasteiger partial charge in [0.2, 0.25) is 5.72 Å². The average Bonchev–Trinajstić information content (AvgIpc) is 2.27. The van der Waals surface area contributed by atoms with Gasteiger partial charge in [0.1, 0.15) is 6.10 Å². The van der Waals surface area contributed by atoms with Gasteiger partial charge in [0, 0.05) is 13.0 Å². The number of nitrogens with one attached hydrogen (secondary N) is 1. The highest BCUT2D eigenvalue weighted by atomic mass is 19.4. The molecule has 0 aliphatic carbocycles. The third kappa shape index (κ3) is 1.83. The standard InChI is InChI=1S/C7H10F3NO3/c1-2-14-4-3-6(13,7(8,9)10)11-5(4)12/h4,13H,2-3H2,1H3,(H,11,12)/t4-,6-/m1/s1. The molecular weight excluding hydrogens is 203 g/mol. The maximum Gasteiger partial charge on any atom is 0.436 e. The summed E-state index contributed by atoms with van der Waals surface area (Å²) in [6.45, 7) is 1.67. The summed E-state index contributed by atoms with van der Waals surface area (Å²) in [5, 5.41) is 10.5. The summed E-state index contributed by atoms with van der Waals surface area (Å²) in [5.41, 5.74) is -3.15. The van der Waals surface area contributed by atoms with Crippen LogP contribution in [-0.2, 0) is 9.53 Å². The number of carbonyl (C=O) groups is 1. The molecule has 0 spiro atoms. The van der Waals surface area contributed by atoms with Gasteiger partial charge in [-0.3, -0.25) is 4.79 Å². The molecule has 2 atom stereocenters. The Bertz CT molecular complexity index is 243. The molecule has 1 heterocycles. The average molecular weight is 213 g/mol. The maximum atomic E-state index is 12.2. The Labute approximate surface area is 78.0 Å². The Morgan fingerprint density at radius 1 is 1.71 bits per heavy atom. The fraction of sp³-hybridized carbons (Fsp3) is 0.857. The van der Waals surface area contributed by atoms with E-state index < -0.39 is 30.3 Å². The van der Waals surface area contributed by atoms with Gasteiger partial charge < -0.3 is 15.2 Å². The first-order valence-electron chi connectivity index (χ1n) is 4.03. The van der Waals surface area contributed by atoms with E-state index in [-0.39, 0.29) is 6.61 Å². The lowest BCUT2D eigenvalue weighted by molar-refractivity contribution is -0.268. The van der Waals surface area contributed by atoms with Gasteiger partial charge in [0.05, 0.1) is 0 Å². The van der Waals surface area contributed by atoms with Crippen molar-refractivity contribution in [3.05, 3.63) is 0 Å². The molecule has 14 heavy (non-hydrogen) atoms. The smallest absolute Gasteiger partial charge is 0.368 e. The third-order valence-electron chi connectivity index (χ3n) is 1.94. The van der Waals surface area contributed by atoms with Crippen LogP contribution in [0.4, 0.5) is 13.2 Å². The van der Waals surface area contributed by atoms with Crippen LogP contribution < -0.4 is 5.32 Å². The molecule has 0 unspecified atom stereocenters. The molecule has 1 aliphatic heterocycles. The number of hydrogen-bond acceptors (Lipinski definition) is 3. The van der Waals surface area contributed by atoms with Crippen molar-refractivity contribution < 1.29 is 27.8 Å². The number of hydrogen-bond donors (Lipinski definition) is 2. The van der Waals surface area contributed by atoms with E-state index in [0.717, 1.165) is 0 Å². The van der Waals surface area contributed by atoms with E-state index in [0.29, 0.717) is 0 Å². The van der Waals surface area contributed by atoms with E-state index in [1.54, 1.807) is 6.92 Å². The third-order valence-corrected chi connectivity index (χ3v) is 1.94. The Hall–Kier alpha value is -0.820. The zero-order valence-electron chi connectivity index (χ0n) is 7.39. The minimum absolute atomic E-state index is 0.117. The second kappa shape index (κ2) is 3.39. The first-order valence-corrected chi connectivity index (χ1v) is 4.03. The monoisotopic (exact) mass is 213 g/mol. The largest absolute Gasteiger partial charge is 0.436 e. The van der Waals surface area contributed by atoms with Gasteiger partial charge in [-0.25, -0.2) is 0 Å². The molecule has 0 aromatic rings. The summed E-state index contributed by atoms with van der Waals surface area (Å²) < 4.78 is 41.4. The van der Waals surface area contributed by atoms with Gasteiger partial charge in [-0.2, -0.15) is 13.2 Å². The highest BCUT2D eigenvalue weighted by Crippen LogP contribution is 2.35. The number of amides is 1. The van der Waals surface area contributed by atoms with Gasteiger partial charge in [-0.15, -0.1) is 0 Å². The lowest BCUT2D eigenvalue weighted by Crippen LogP contribution is -2.53. The summed E-state index contributed by atoms with van der Waals surface area (Å²) >= 11 is 0. The second-order valence-electron chi connectivity index (χ2n) is 3.00. The summed E-state index contributed by atoms with van der Waals surface area (Å²) in [4.78, 5) is 10.9. The molecule has 82 valence electrons. The van der Waals surface area contributed by atoms with Crippen LogP contribution in [0.15, 0.2) is 0 Å². The van der Waals surface area contributed by atoms with Crippen molar-refractivity contribution in [2.24, 2.45) is 0 Å². The fourth-order valence-corrected chi connectivity index (χ4v) is 1.22. The normalized spacial score (nSPS) is 33.2. The minimum atomic E-state index is -4.88. The molecule has 1 amide bonds. The van der Waals surface area contributed by atoms with Crippen LogP contribution in [0.2, 0.25) is 0 Å². The van der Waals surface area contributed by atoms with Crippen molar-refractivity contribution in [3.8, 4) is 0 Å². The van der Waals surface area contributed by atoms with E-state index in [1.807, 2.05) is 0 Å². The SMILES string of the molecule is CCO[C@@H]1C[C@@](O)(C(F)(F)F)NC1=O.